The standard InChI is InChI=1S/C98H106BN5/c1-91(2,3)67-37-42-82-78(53-67)77-43-60(59-100)35-41-81(77)102(82)73-38-40-80-84(58-73)104(90-75(62-33-29-26-30-34-62)54-71(95(13,14)15)55-76(90)66-49-87(97(19,20)21)101-88(50-66)98(22,23)24)86-57-72(96(16,17)18)56-85-89(86)99(80)79-39-36-63(64-44-68(92(4,5)6)51-69(45-64)93(7,8)9)48-83(79)103(85)74-47-65(61-31-27-25-28-32-61)46-70(52-74)94(10,11)12/h25-58H,1-24H3. The van der Waals surface area contributed by atoms with Crippen molar-refractivity contribution in [1.82, 2.24) is 9.55 Å². The Kier molecular flexibility index (Phi) is 17.0. The van der Waals surface area contributed by atoms with E-state index in [-0.39, 0.29) is 50.0 Å². The Morgan fingerprint density at radius 3 is 1.29 bits per heavy atom. The predicted molar refractivity (Wildman–Crippen MR) is 449 cm³/mol. The lowest BCUT2D eigenvalue weighted by atomic mass is 9.33. The summed E-state index contributed by atoms with van der Waals surface area (Å²) in [5, 5.41) is 12.8. The second-order valence-electron chi connectivity index (χ2n) is 38.3. The Morgan fingerprint density at radius 2 is 0.760 bits per heavy atom. The minimum absolute atomic E-state index is 0.0879. The van der Waals surface area contributed by atoms with Gasteiger partial charge in [-0.25, -0.2) is 0 Å². The van der Waals surface area contributed by atoms with E-state index in [1.165, 1.54) is 77.7 Å². The highest BCUT2D eigenvalue weighted by atomic mass is 15.2. The van der Waals surface area contributed by atoms with Crippen LogP contribution < -0.4 is 26.2 Å². The van der Waals surface area contributed by atoms with E-state index in [0.717, 1.165) is 89.6 Å². The fraction of sp³-hybridized carbons (Fsp3) is 0.327. The van der Waals surface area contributed by atoms with Gasteiger partial charge in [0.25, 0.3) is 6.71 Å². The van der Waals surface area contributed by atoms with Crippen LogP contribution in [0.4, 0.5) is 34.1 Å². The normalized spacial score (nSPS) is 13.7. The van der Waals surface area contributed by atoms with Gasteiger partial charge in [0, 0.05) is 78.2 Å². The summed E-state index contributed by atoms with van der Waals surface area (Å²) < 4.78 is 2.46. The molecule has 2 aliphatic heterocycles. The third-order valence-electron chi connectivity index (χ3n) is 22.0. The molecule has 0 radical (unpaired) electrons. The van der Waals surface area contributed by atoms with E-state index in [1.54, 1.807) is 0 Å². The zero-order chi connectivity index (χ0) is 74.7. The molecule has 0 aliphatic carbocycles. The summed E-state index contributed by atoms with van der Waals surface area (Å²) in [5.41, 5.74) is 31.8. The molecule has 12 aromatic rings. The number of hydrogen-bond donors (Lipinski definition) is 0. The van der Waals surface area contributed by atoms with Crippen molar-refractivity contribution >= 4 is 79.0 Å². The molecule has 0 spiro atoms. The van der Waals surface area contributed by atoms with Crippen LogP contribution >= 0.6 is 0 Å². The summed E-state index contributed by atoms with van der Waals surface area (Å²) in [5.74, 6) is 0. The maximum absolute atomic E-state index is 10.6. The van der Waals surface area contributed by atoms with E-state index in [9.17, 15) is 5.26 Å². The third-order valence-corrected chi connectivity index (χ3v) is 22.0. The van der Waals surface area contributed by atoms with Gasteiger partial charge in [0.15, 0.2) is 0 Å². The SMILES string of the molecule is CC(C)(C)c1cc(-c2ccccc2)cc(N2c3cc(-c4cc(C(C)(C)C)cc(C(C)(C)C)c4)ccc3B3c4ccc(-n5c6ccc(C#N)cc6c6cc(C(C)(C)C)ccc65)cc4N(c4c(-c5ccccc5)cc(C(C)(C)C)cc4-c4cc(C(C)(C)C)nc(C(C)(C)C)c4)c4cc(C(C)(C)C)cc2c43)c1. The van der Waals surface area contributed by atoms with Crippen LogP contribution in [0.2, 0.25) is 0 Å². The summed E-state index contributed by atoms with van der Waals surface area (Å²) >= 11 is 0. The van der Waals surface area contributed by atoms with E-state index in [4.69, 9.17) is 4.98 Å². The predicted octanol–water partition coefficient (Wildman–Crippen LogP) is 25.2. The van der Waals surface area contributed by atoms with E-state index in [0.29, 0.717) is 5.56 Å². The van der Waals surface area contributed by atoms with Crippen molar-refractivity contribution in [3.63, 3.8) is 0 Å². The zero-order valence-electron chi connectivity index (χ0n) is 66.4. The third kappa shape index (κ3) is 12.9. The van der Waals surface area contributed by atoms with Crippen LogP contribution in [-0.2, 0) is 43.3 Å². The molecule has 104 heavy (non-hydrogen) atoms. The summed E-state index contributed by atoms with van der Waals surface area (Å²) in [6.45, 7) is 55.9. The van der Waals surface area contributed by atoms with Gasteiger partial charge in [-0.15, -0.1) is 0 Å². The molecular weight excluding hydrogens is 1260 g/mol. The number of anilines is 6. The molecule has 0 atom stereocenters. The topological polar surface area (TPSA) is 48.1 Å². The van der Waals surface area contributed by atoms with E-state index in [2.05, 4.69) is 387 Å². The van der Waals surface area contributed by atoms with Crippen molar-refractivity contribution < 1.29 is 0 Å². The number of aromatic nitrogens is 2. The molecule has 0 saturated carbocycles. The average molecular weight is 1360 g/mol. The molecule has 14 rings (SSSR count). The molecule has 526 valence electrons. The first-order chi connectivity index (χ1) is 48.5. The summed E-state index contributed by atoms with van der Waals surface area (Å²) in [4.78, 5) is 11.0. The summed E-state index contributed by atoms with van der Waals surface area (Å²) in [6, 6.07) is 82.6. The summed E-state index contributed by atoms with van der Waals surface area (Å²) in [7, 11) is 0. The minimum Gasteiger partial charge on any atom is -0.311 e. The second kappa shape index (κ2) is 24.7. The Hall–Kier alpha value is -9.70. The number of rotatable bonds is 7. The van der Waals surface area contributed by atoms with Crippen LogP contribution in [0.15, 0.2) is 206 Å². The highest BCUT2D eigenvalue weighted by Gasteiger charge is 2.46. The van der Waals surface area contributed by atoms with Crippen molar-refractivity contribution in [2.24, 2.45) is 0 Å². The number of hydrogen-bond acceptors (Lipinski definition) is 4. The van der Waals surface area contributed by atoms with E-state index < -0.39 is 0 Å². The van der Waals surface area contributed by atoms with Crippen molar-refractivity contribution in [3.8, 4) is 56.3 Å². The molecule has 0 fully saturated rings. The molecule has 5 nitrogen and oxygen atoms in total. The Balaban J connectivity index is 1.19. The number of pyridine rings is 1. The molecule has 0 unspecified atom stereocenters. The van der Waals surface area contributed by atoms with Gasteiger partial charge in [-0.1, -0.05) is 275 Å². The van der Waals surface area contributed by atoms with Crippen LogP contribution in [-0.4, -0.2) is 16.3 Å². The first-order valence-corrected chi connectivity index (χ1v) is 37.8. The Morgan fingerprint density at radius 1 is 0.308 bits per heavy atom. The smallest absolute Gasteiger partial charge is 0.252 e. The lowest BCUT2D eigenvalue weighted by Gasteiger charge is -2.46. The molecule has 0 saturated heterocycles. The Bertz CT molecular complexity index is 5400. The lowest BCUT2D eigenvalue weighted by Crippen LogP contribution is -2.61. The van der Waals surface area contributed by atoms with Gasteiger partial charge in [-0.05, 0) is 213 Å². The highest BCUT2D eigenvalue weighted by molar-refractivity contribution is 7.00. The van der Waals surface area contributed by atoms with Gasteiger partial charge in [0.1, 0.15) is 0 Å². The minimum atomic E-state index is -0.325. The molecule has 0 N–H and O–H groups in total. The largest absolute Gasteiger partial charge is 0.311 e. The molecular formula is C98H106BN5. The first-order valence-electron chi connectivity index (χ1n) is 37.8. The fourth-order valence-corrected chi connectivity index (χ4v) is 15.5. The number of benzene rings is 10. The quantitative estimate of drug-likeness (QED) is 0.149. The van der Waals surface area contributed by atoms with Crippen LogP contribution in [0.5, 0.6) is 0 Å². The zero-order valence-corrected chi connectivity index (χ0v) is 66.4. The van der Waals surface area contributed by atoms with Crippen LogP contribution in [0.1, 0.15) is 217 Å². The molecule has 10 aromatic carbocycles. The van der Waals surface area contributed by atoms with Crippen LogP contribution in [0, 0.1) is 11.3 Å². The van der Waals surface area contributed by atoms with E-state index >= 15 is 0 Å². The summed E-state index contributed by atoms with van der Waals surface area (Å²) in [6.07, 6.45) is 0. The fourth-order valence-electron chi connectivity index (χ4n) is 15.5. The van der Waals surface area contributed by atoms with Crippen molar-refractivity contribution in [1.29, 1.82) is 5.26 Å². The van der Waals surface area contributed by atoms with Crippen molar-refractivity contribution in [3.05, 3.63) is 257 Å². The van der Waals surface area contributed by atoms with Gasteiger partial charge < -0.3 is 14.4 Å². The Labute approximate surface area is 622 Å². The van der Waals surface area contributed by atoms with Gasteiger partial charge in [-0.3, -0.25) is 4.98 Å². The average Bonchev–Trinajstić information content (AvgIpc) is 0.722. The molecule has 6 heteroatoms. The molecule has 0 amide bonds. The number of fused-ring (bicyclic) bond motifs is 7. The lowest BCUT2D eigenvalue weighted by molar-refractivity contribution is 0.531. The van der Waals surface area contributed by atoms with Crippen LogP contribution in [0.25, 0.3) is 72.0 Å². The van der Waals surface area contributed by atoms with Gasteiger partial charge in [-0.2, -0.15) is 5.26 Å². The van der Waals surface area contributed by atoms with Gasteiger partial charge in [0.05, 0.1) is 28.4 Å². The van der Waals surface area contributed by atoms with Gasteiger partial charge >= 0.3 is 0 Å². The highest BCUT2D eigenvalue weighted by Crippen LogP contribution is 2.54. The van der Waals surface area contributed by atoms with Crippen LogP contribution in [0.3, 0.4) is 0 Å². The molecule has 2 aliphatic rings. The molecule has 0 bridgehead atoms. The van der Waals surface area contributed by atoms with E-state index in [1.807, 2.05) is 6.07 Å². The molecule has 2 aromatic heterocycles. The maximum Gasteiger partial charge on any atom is 0.252 e. The monoisotopic (exact) mass is 1360 g/mol. The van der Waals surface area contributed by atoms with Crippen molar-refractivity contribution in [2.75, 3.05) is 9.80 Å². The number of nitriles is 1. The second-order valence-corrected chi connectivity index (χ2v) is 38.3. The first kappa shape index (κ1) is 71.3. The van der Waals surface area contributed by atoms with Crippen molar-refractivity contribution in [2.45, 2.75) is 209 Å². The maximum atomic E-state index is 10.6. The number of nitrogens with zero attached hydrogens (tertiary/aromatic N) is 5. The molecule has 4 heterocycles. The van der Waals surface area contributed by atoms with Gasteiger partial charge in [0.2, 0.25) is 0 Å².